The van der Waals surface area contributed by atoms with Crippen molar-refractivity contribution in [2.75, 3.05) is 18.1 Å². The number of hydrogen-bond acceptors (Lipinski definition) is 5. The molecule has 1 aliphatic heterocycles. The van der Waals surface area contributed by atoms with Crippen molar-refractivity contribution >= 4 is 34.3 Å². The van der Waals surface area contributed by atoms with E-state index in [-0.39, 0.29) is 24.6 Å². The molecule has 3 heterocycles. The van der Waals surface area contributed by atoms with Crippen molar-refractivity contribution in [2.45, 2.75) is 58.5 Å². The molecule has 1 fully saturated rings. The third kappa shape index (κ3) is 3.72. The Morgan fingerprint density at radius 2 is 2.10 bits per heavy atom. The number of rotatable bonds is 5. The standard InChI is InChI=1S/C22H29ClN6O/c1-13(2)18-20-19(27-26-18)21(24-16-8-5-7-15(23)11-16)25-22(29(20)14(3)4)28-10-6-9-17(28)12-30/h5,7-8,11,13-14,17,30H,6,9-10,12H2,1-4H3,(H,26,27). The number of fused-ring (bicyclic) bond motifs is 1. The number of aromatic amines is 1. The first kappa shape index (κ1) is 20.9. The summed E-state index contributed by atoms with van der Waals surface area (Å²) in [6.07, 6.45) is 1.99. The molecule has 3 aromatic rings. The molecule has 160 valence electrons. The zero-order valence-electron chi connectivity index (χ0n) is 17.9. The van der Waals surface area contributed by atoms with E-state index < -0.39 is 0 Å². The maximum atomic E-state index is 9.94. The van der Waals surface area contributed by atoms with Crippen LogP contribution in [0.15, 0.2) is 29.3 Å². The first-order valence-electron chi connectivity index (χ1n) is 10.6. The van der Waals surface area contributed by atoms with Crippen LogP contribution >= 0.6 is 11.6 Å². The minimum absolute atomic E-state index is 0.0633. The van der Waals surface area contributed by atoms with E-state index >= 15 is 0 Å². The molecule has 1 saturated heterocycles. The van der Waals surface area contributed by atoms with Crippen LogP contribution in [0.25, 0.3) is 11.0 Å². The number of hydrogen-bond donors (Lipinski definition) is 2. The van der Waals surface area contributed by atoms with E-state index in [0.717, 1.165) is 47.7 Å². The molecule has 8 heteroatoms. The van der Waals surface area contributed by atoms with Crippen LogP contribution in [0.4, 0.5) is 11.6 Å². The van der Waals surface area contributed by atoms with E-state index in [1.807, 2.05) is 24.3 Å². The molecule has 2 aromatic heterocycles. The summed E-state index contributed by atoms with van der Waals surface area (Å²) in [6.45, 7) is 9.58. The molecule has 1 aliphatic rings. The van der Waals surface area contributed by atoms with Crippen molar-refractivity contribution in [1.82, 2.24) is 19.7 Å². The van der Waals surface area contributed by atoms with Gasteiger partial charge >= 0.3 is 0 Å². The van der Waals surface area contributed by atoms with Crippen molar-refractivity contribution in [1.29, 1.82) is 0 Å². The molecule has 1 atom stereocenters. The van der Waals surface area contributed by atoms with E-state index in [0.29, 0.717) is 10.5 Å². The minimum Gasteiger partial charge on any atom is -0.394 e. The lowest BCUT2D eigenvalue weighted by molar-refractivity contribution is 0.265. The number of aromatic nitrogens is 4. The second-order valence-electron chi connectivity index (χ2n) is 8.45. The Hall–Kier alpha value is -2.38. The molecule has 2 N–H and O–H groups in total. The summed E-state index contributed by atoms with van der Waals surface area (Å²) in [5.41, 5.74) is 4.12. The maximum absolute atomic E-state index is 9.94. The fourth-order valence-corrected chi connectivity index (χ4v) is 4.36. The first-order chi connectivity index (χ1) is 14.4. The molecular formula is C22H29ClN6O. The van der Waals surface area contributed by atoms with E-state index in [1.165, 1.54) is 0 Å². The Labute approximate surface area is 181 Å². The average molecular weight is 429 g/mol. The fourth-order valence-electron chi connectivity index (χ4n) is 4.18. The van der Waals surface area contributed by atoms with Crippen molar-refractivity contribution in [2.24, 2.45) is 4.99 Å². The summed E-state index contributed by atoms with van der Waals surface area (Å²) in [6, 6.07) is 7.67. The van der Waals surface area contributed by atoms with Gasteiger partial charge in [-0.1, -0.05) is 31.5 Å². The van der Waals surface area contributed by atoms with Gasteiger partial charge in [0.05, 0.1) is 29.5 Å². The number of anilines is 1. The van der Waals surface area contributed by atoms with Crippen molar-refractivity contribution in [3.05, 3.63) is 40.5 Å². The minimum atomic E-state index is 0.0633. The Morgan fingerprint density at radius 3 is 2.77 bits per heavy atom. The van der Waals surface area contributed by atoms with Gasteiger partial charge in [-0.15, -0.1) is 0 Å². The number of benzene rings is 1. The van der Waals surface area contributed by atoms with Crippen molar-refractivity contribution < 1.29 is 5.11 Å². The number of halogens is 1. The highest BCUT2D eigenvalue weighted by molar-refractivity contribution is 6.30. The molecule has 0 bridgehead atoms. The normalized spacial score (nSPS) is 17.8. The number of aliphatic hydroxyl groups is 1. The van der Waals surface area contributed by atoms with Crippen LogP contribution < -0.4 is 10.4 Å². The van der Waals surface area contributed by atoms with Gasteiger partial charge in [-0.25, -0.2) is 4.99 Å². The molecule has 0 spiro atoms. The number of nitrogens with one attached hydrogen (secondary N) is 1. The third-order valence-corrected chi connectivity index (χ3v) is 5.86. The summed E-state index contributed by atoms with van der Waals surface area (Å²) in [5, 5.41) is 18.4. The quantitative estimate of drug-likeness (QED) is 0.634. The van der Waals surface area contributed by atoms with Crippen LogP contribution in [0, 0.1) is 0 Å². The summed E-state index contributed by atoms with van der Waals surface area (Å²) < 4.78 is 2.24. The van der Waals surface area contributed by atoms with E-state index in [4.69, 9.17) is 21.6 Å². The largest absolute Gasteiger partial charge is 0.394 e. The highest BCUT2D eigenvalue weighted by atomic mass is 35.5. The van der Waals surface area contributed by atoms with Gasteiger partial charge in [0.15, 0.2) is 11.0 Å². The Bertz CT molecular complexity index is 1120. The molecule has 1 unspecified atom stereocenters. The van der Waals surface area contributed by atoms with E-state index in [9.17, 15) is 5.11 Å². The van der Waals surface area contributed by atoms with Crippen LogP contribution in [0.3, 0.4) is 0 Å². The summed E-state index contributed by atoms with van der Waals surface area (Å²) in [7, 11) is 0. The zero-order chi connectivity index (χ0) is 21.4. The lowest BCUT2D eigenvalue weighted by atomic mass is 10.1. The number of aliphatic hydroxyl groups excluding tert-OH is 1. The van der Waals surface area contributed by atoms with Crippen LogP contribution in [-0.4, -0.2) is 44.0 Å². The Balaban J connectivity index is 2.06. The van der Waals surface area contributed by atoms with Crippen LogP contribution in [-0.2, 0) is 0 Å². The zero-order valence-corrected chi connectivity index (χ0v) is 18.7. The SMILES string of the molecule is CC(C)c1[nH]nc2c(=Nc3cccc(Cl)c3)nc(N3CCCC3CO)n(C(C)C)c12. The Morgan fingerprint density at radius 1 is 1.30 bits per heavy atom. The van der Waals surface area contributed by atoms with Gasteiger partial charge in [-0.05, 0) is 50.8 Å². The van der Waals surface area contributed by atoms with Gasteiger partial charge in [-0.3, -0.25) is 5.10 Å². The summed E-state index contributed by atoms with van der Waals surface area (Å²) in [5.74, 6) is 1.10. The van der Waals surface area contributed by atoms with Crippen molar-refractivity contribution in [3.8, 4) is 0 Å². The monoisotopic (exact) mass is 428 g/mol. The van der Waals surface area contributed by atoms with Crippen LogP contribution in [0.1, 0.15) is 58.2 Å². The average Bonchev–Trinajstić information content (AvgIpc) is 3.34. The van der Waals surface area contributed by atoms with Gasteiger partial charge < -0.3 is 14.6 Å². The van der Waals surface area contributed by atoms with Gasteiger partial charge in [-0.2, -0.15) is 10.1 Å². The predicted octanol–water partition coefficient (Wildman–Crippen LogP) is 4.31. The topological polar surface area (TPSA) is 82.3 Å². The molecule has 7 nitrogen and oxygen atoms in total. The molecule has 0 radical (unpaired) electrons. The van der Waals surface area contributed by atoms with Gasteiger partial charge in [0.1, 0.15) is 0 Å². The molecule has 0 aliphatic carbocycles. The van der Waals surface area contributed by atoms with Crippen molar-refractivity contribution in [3.63, 3.8) is 0 Å². The first-order valence-corrected chi connectivity index (χ1v) is 11.0. The smallest absolute Gasteiger partial charge is 0.208 e. The highest BCUT2D eigenvalue weighted by Crippen LogP contribution is 2.31. The second-order valence-corrected chi connectivity index (χ2v) is 8.89. The Kier molecular flexibility index (Phi) is 5.84. The van der Waals surface area contributed by atoms with E-state index in [2.05, 4.69) is 47.4 Å². The summed E-state index contributed by atoms with van der Waals surface area (Å²) >= 11 is 6.17. The predicted molar refractivity (Wildman–Crippen MR) is 120 cm³/mol. The molecule has 0 amide bonds. The maximum Gasteiger partial charge on any atom is 0.208 e. The molecule has 4 rings (SSSR count). The molecular weight excluding hydrogens is 400 g/mol. The lowest BCUT2D eigenvalue weighted by Gasteiger charge is -2.29. The lowest BCUT2D eigenvalue weighted by Crippen LogP contribution is -2.37. The van der Waals surface area contributed by atoms with E-state index in [1.54, 1.807) is 0 Å². The fraction of sp³-hybridized carbons (Fsp3) is 0.500. The van der Waals surface area contributed by atoms with Gasteiger partial charge in [0.2, 0.25) is 5.95 Å². The molecule has 1 aromatic carbocycles. The number of nitrogens with zero attached hydrogens (tertiary/aromatic N) is 5. The molecule has 0 saturated carbocycles. The number of H-pyrrole nitrogens is 1. The van der Waals surface area contributed by atoms with Crippen LogP contribution in [0.5, 0.6) is 0 Å². The van der Waals surface area contributed by atoms with Gasteiger partial charge in [0.25, 0.3) is 0 Å². The second kappa shape index (κ2) is 8.40. The highest BCUT2D eigenvalue weighted by Gasteiger charge is 2.30. The van der Waals surface area contributed by atoms with Gasteiger partial charge in [0, 0.05) is 17.6 Å². The molecule has 30 heavy (non-hydrogen) atoms. The van der Waals surface area contributed by atoms with Crippen LogP contribution in [0.2, 0.25) is 5.02 Å². The third-order valence-electron chi connectivity index (χ3n) is 5.62. The summed E-state index contributed by atoms with van der Waals surface area (Å²) in [4.78, 5) is 12.0.